The lowest BCUT2D eigenvalue weighted by atomic mass is 9.73. The first-order valence-electron chi connectivity index (χ1n) is 6.95. The smallest absolute Gasteiger partial charge is 0.177 e. The number of ketones is 1. The number of nitrogens with zero attached hydrogens (tertiary/aromatic N) is 1. The first-order valence-corrected chi connectivity index (χ1v) is 6.95. The summed E-state index contributed by atoms with van der Waals surface area (Å²) in [6, 6.07) is 17.0. The van der Waals surface area contributed by atoms with Gasteiger partial charge in [-0.1, -0.05) is 30.3 Å². The molecule has 0 amide bonds. The van der Waals surface area contributed by atoms with Crippen molar-refractivity contribution < 1.29 is 9.53 Å². The molecule has 3 heteroatoms. The summed E-state index contributed by atoms with van der Waals surface area (Å²) >= 11 is 0. The van der Waals surface area contributed by atoms with Gasteiger partial charge < -0.3 is 4.74 Å². The van der Waals surface area contributed by atoms with Crippen LogP contribution in [0.25, 0.3) is 0 Å². The monoisotopic (exact) mass is 277 g/mol. The number of ether oxygens (including phenoxy) is 1. The van der Waals surface area contributed by atoms with E-state index in [2.05, 4.69) is 6.07 Å². The molecule has 0 fully saturated rings. The summed E-state index contributed by atoms with van der Waals surface area (Å²) in [4.78, 5) is 13.0. The highest BCUT2D eigenvalue weighted by Crippen LogP contribution is 2.44. The Hall–Kier alpha value is -2.60. The van der Waals surface area contributed by atoms with Gasteiger partial charge in [0.2, 0.25) is 0 Å². The molecule has 1 atom stereocenters. The first kappa shape index (κ1) is 13.4. The van der Waals surface area contributed by atoms with Gasteiger partial charge in [-0.15, -0.1) is 0 Å². The number of benzene rings is 2. The molecule has 2 aromatic rings. The van der Waals surface area contributed by atoms with Crippen molar-refractivity contribution in [3.05, 3.63) is 59.7 Å². The molecule has 3 nitrogen and oxygen atoms in total. The van der Waals surface area contributed by atoms with Gasteiger partial charge in [0.15, 0.2) is 5.78 Å². The Kier molecular flexibility index (Phi) is 3.23. The van der Waals surface area contributed by atoms with Crippen molar-refractivity contribution in [2.75, 3.05) is 0 Å². The maximum atomic E-state index is 13.0. The van der Waals surface area contributed by atoms with Crippen LogP contribution in [0.15, 0.2) is 48.5 Å². The molecular formula is C18H15NO2. The first-order chi connectivity index (χ1) is 10.2. The number of fused-ring (bicyclic) bond motifs is 2. The van der Waals surface area contributed by atoms with Gasteiger partial charge in [0, 0.05) is 12.0 Å². The SMILES string of the molecule is C[C@]1(CCC#N)C(=O)c2ccccc2Oc2ccccc21. The largest absolute Gasteiger partial charge is 0.456 e. The minimum atomic E-state index is -0.737. The van der Waals surface area contributed by atoms with Gasteiger partial charge in [-0.2, -0.15) is 5.26 Å². The Morgan fingerprint density at radius 1 is 1.10 bits per heavy atom. The summed E-state index contributed by atoms with van der Waals surface area (Å²) in [6.45, 7) is 1.90. The van der Waals surface area contributed by atoms with Crippen LogP contribution in [0.1, 0.15) is 35.7 Å². The lowest BCUT2D eigenvalue weighted by Gasteiger charge is -2.27. The van der Waals surface area contributed by atoms with E-state index in [0.29, 0.717) is 29.9 Å². The van der Waals surface area contributed by atoms with Crippen molar-refractivity contribution in [3.8, 4) is 17.6 Å². The Bertz CT molecular complexity index is 745. The van der Waals surface area contributed by atoms with Gasteiger partial charge in [-0.25, -0.2) is 0 Å². The third-order valence-electron chi connectivity index (χ3n) is 4.07. The molecular weight excluding hydrogens is 262 g/mol. The van der Waals surface area contributed by atoms with Crippen molar-refractivity contribution >= 4 is 5.78 Å². The van der Waals surface area contributed by atoms with E-state index in [1.165, 1.54) is 0 Å². The molecule has 104 valence electrons. The summed E-state index contributed by atoms with van der Waals surface area (Å²) in [5.74, 6) is 1.28. The van der Waals surface area contributed by atoms with Crippen LogP contribution in [0.2, 0.25) is 0 Å². The number of Topliss-reactive ketones (excluding diaryl/α,β-unsaturated/α-hetero) is 1. The van der Waals surface area contributed by atoms with E-state index in [-0.39, 0.29) is 5.78 Å². The third-order valence-corrected chi connectivity index (χ3v) is 4.07. The Balaban J connectivity index is 2.23. The summed E-state index contributed by atoms with van der Waals surface area (Å²) in [7, 11) is 0. The number of nitriles is 1. The average Bonchev–Trinajstić information content (AvgIpc) is 2.61. The van der Waals surface area contributed by atoms with Crippen LogP contribution < -0.4 is 4.74 Å². The number of hydrogen-bond donors (Lipinski definition) is 0. The van der Waals surface area contributed by atoms with Gasteiger partial charge in [0.1, 0.15) is 11.5 Å². The highest BCUT2D eigenvalue weighted by atomic mass is 16.5. The zero-order valence-electron chi connectivity index (χ0n) is 11.8. The number of hydrogen-bond acceptors (Lipinski definition) is 3. The van der Waals surface area contributed by atoms with Crippen LogP contribution in [-0.2, 0) is 5.41 Å². The van der Waals surface area contributed by atoms with E-state index in [0.717, 1.165) is 5.56 Å². The van der Waals surface area contributed by atoms with Crippen molar-refractivity contribution in [1.29, 1.82) is 5.26 Å². The van der Waals surface area contributed by atoms with Crippen molar-refractivity contribution in [2.45, 2.75) is 25.2 Å². The molecule has 0 radical (unpaired) electrons. The van der Waals surface area contributed by atoms with Crippen molar-refractivity contribution in [3.63, 3.8) is 0 Å². The molecule has 1 aliphatic heterocycles. The minimum absolute atomic E-state index is 0.0123. The fourth-order valence-corrected chi connectivity index (χ4v) is 2.85. The van der Waals surface area contributed by atoms with E-state index in [1.54, 1.807) is 12.1 Å². The molecule has 0 spiro atoms. The molecule has 1 aliphatic rings. The van der Waals surface area contributed by atoms with Crippen LogP contribution in [-0.4, -0.2) is 5.78 Å². The number of carbonyl (C=O) groups excluding carboxylic acids is 1. The summed E-state index contributed by atoms with van der Waals surface area (Å²) in [5, 5.41) is 8.92. The molecule has 1 heterocycles. The van der Waals surface area contributed by atoms with Crippen LogP contribution in [0.3, 0.4) is 0 Å². The van der Waals surface area contributed by atoms with Crippen LogP contribution in [0.4, 0.5) is 0 Å². The van der Waals surface area contributed by atoms with Gasteiger partial charge in [-0.05, 0) is 31.5 Å². The molecule has 0 N–H and O–H groups in total. The Morgan fingerprint density at radius 3 is 2.52 bits per heavy atom. The maximum Gasteiger partial charge on any atom is 0.177 e. The van der Waals surface area contributed by atoms with Crippen molar-refractivity contribution in [1.82, 2.24) is 0 Å². The molecule has 0 saturated carbocycles. The van der Waals surface area contributed by atoms with E-state index < -0.39 is 5.41 Å². The van der Waals surface area contributed by atoms with Gasteiger partial charge in [0.05, 0.1) is 17.0 Å². The lowest BCUT2D eigenvalue weighted by molar-refractivity contribution is 0.0891. The Labute approximate surface area is 123 Å². The minimum Gasteiger partial charge on any atom is -0.456 e. The summed E-state index contributed by atoms with van der Waals surface area (Å²) in [6.07, 6.45) is 0.815. The molecule has 2 aromatic carbocycles. The van der Waals surface area contributed by atoms with E-state index in [9.17, 15) is 4.79 Å². The predicted molar refractivity (Wildman–Crippen MR) is 79.5 cm³/mol. The quantitative estimate of drug-likeness (QED) is 0.825. The maximum absolute atomic E-state index is 13.0. The molecule has 3 rings (SSSR count). The molecule has 0 aromatic heterocycles. The molecule has 0 saturated heterocycles. The topological polar surface area (TPSA) is 50.1 Å². The number of rotatable bonds is 2. The molecule has 21 heavy (non-hydrogen) atoms. The second-order valence-corrected chi connectivity index (χ2v) is 5.41. The Morgan fingerprint density at radius 2 is 1.76 bits per heavy atom. The standard InChI is InChI=1S/C18H15NO2/c1-18(11-6-12-19)14-8-3-5-10-16(14)21-15-9-4-2-7-13(15)17(18)20/h2-5,7-10H,6,11H2,1H3/t18-/m1/s1. The van der Waals surface area contributed by atoms with Crippen LogP contribution in [0, 0.1) is 11.3 Å². The second-order valence-electron chi connectivity index (χ2n) is 5.41. The van der Waals surface area contributed by atoms with Gasteiger partial charge in [0.25, 0.3) is 0 Å². The highest BCUT2D eigenvalue weighted by molar-refractivity contribution is 6.07. The number of para-hydroxylation sites is 2. The predicted octanol–water partition coefficient (Wildman–Crippen LogP) is 4.24. The second kappa shape index (κ2) is 5.06. The zero-order chi connectivity index (χ0) is 14.9. The summed E-state index contributed by atoms with van der Waals surface area (Å²) in [5.41, 5.74) is 0.689. The van der Waals surface area contributed by atoms with Crippen molar-refractivity contribution in [2.24, 2.45) is 0 Å². The molecule has 0 aliphatic carbocycles. The normalized spacial score (nSPS) is 19.7. The molecule has 0 bridgehead atoms. The van der Waals surface area contributed by atoms with E-state index >= 15 is 0 Å². The third kappa shape index (κ3) is 2.09. The fraction of sp³-hybridized carbons (Fsp3) is 0.222. The number of carbonyl (C=O) groups is 1. The van der Waals surface area contributed by atoms with E-state index in [1.807, 2.05) is 43.3 Å². The molecule has 0 unspecified atom stereocenters. The highest BCUT2D eigenvalue weighted by Gasteiger charge is 2.40. The summed E-state index contributed by atoms with van der Waals surface area (Å²) < 4.78 is 5.94. The zero-order valence-corrected chi connectivity index (χ0v) is 11.8. The van der Waals surface area contributed by atoms with Gasteiger partial charge >= 0.3 is 0 Å². The lowest BCUT2D eigenvalue weighted by Crippen LogP contribution is -2.32. The van der Waals surface area contributed by atoms with Crippen LogP contribution in [0.5, 0.6) is 11.5 Å². The average molecular weight is 277 g/mol. The fourth-order valence-electron chi connectivity index (χ4n) is 2.85. The van der Waals surface area contributed by atoms with Gasteiger partial charge in [-0.3, -0.25) is 4.79 Å². The van der Waals surface area contributed by atoms with E-state index in [4.69, 9.17) is 10.00 Å². The van der Waals surface area contributed by atoms with Crippen LogP contribution >= 0.6 is 0 Å².